The van der Waals surface area contributed by atoms with E-state index >= 15 is 0 Å². The van der Waals surface area contributed by atoms with E-state index in [1.807, 2.05) is 23.1 Å². The number of carbonyl (C=O) groups excluding carboxylic acids is 3. The Morgan fingerprint density at radius 2 is 1.95 bits per heavy atom. The maximum atomic E-state index is 14.0. The molecule has 1 unspecified atom stereocenters. The number of nitrogens with zero attached hydrogens (tertiary/aromatic N) is 3. The third kappa shape index (κ3) is 5.68. The van der Waals surface area contributed by atoms with Crippen LogP contribution in [-0.2, 0) is 19.1 Å². The molecule has 1 aromatic rings. The van der Waals surface area contributed by atoms with Crippen LogP contribution in [-0.4, -0.2) is 68.3 Å². The average molecular weight is 552 g/mol. The number of fused-ring (bicyclic) bond motifs is 1. The van der Waals surface area contributed by atoms with Gasteiger partial charge in [-0.2, -0.15) is 5.26 Å². The first-order chi connectivity index (χ1) is 19.2. The lowest BCUT2D eigenvalue weighted by molar-refractivity contribution is -0.132. The number of piperidine rings is 1. The number of hydrogen-bond acceptors (Lipinski definition) is 7. The largest absolute Gasteiger partial charge is 0.476 e. The molecule has 4 aliphatic rings. The lowest BCUT2D eigenvalue weighted by atomic mass is 9.87. The fourth-order valence-corrected chi connectivity index (χ4v) is 6.25. The first-order valence-corrected chi connectivity index (χ1v) is 14.6. The number of methoxy groups -OCH3 is 1. The quantitative estimate of drug-likeness (QED) is 0.452. The molecule has 5 rings (SSSR count). The van der Waals surface area contributed by atoms with E-state index < -0.39 is 11.1 Å². The number of nitrogens with one attached hydrogen (secondary N) is 2. The Kier molecular flexibility index (Phi) is 8.07. The number of rotatable bonds is 9. The van der Waals surface area contributed by atoms with E-state index in [2.05, 4.69) is 16.7 Å². The van der Waals surface area contributed by atoms with Gasteiger partial charge in [-0.1, -0.05) is 0 Å². The third-order valence-electron chi connectivity index (χ3n) is 8.62. The second-order valence-corrected chi connectivity index (χ2v) is 12.2. The molecular formula is C30H41N5O5. The summed E-state index contributed by atoms with van der Waals surface area (Å²) in [6, 6.07) is 8.06. The SMILES string of the molecule is COCCCN1C(=O)C(C)(C)Oc2ccc(N(C(=O)C3CNC[C@@H](C(=O)NC4(C#N)CCCC4)C3)C3CC3)cc21. The second kappa shape index (κ2) is 11.4. The fourth-order valence-electron chi connectivity index (χ4n) is 6.25. The molecule has 3 amide bonds. The Bertz CT molecular complexity index is 1180. The number of hydrogen-bond donors (Lipinski definition) is 2. The molecule has 1 saturated heterocycles. The van der Waals surface area contributed by atoms with E-state index in [9.17, 15) is 19.6 Å². The van der Waals surface area contributed by atoms with Gasteiger partial charge in [-0.3, -0.25) is 14.4 Å². The summed E-state index contributed by atoms with van der Waals surface area (Å²) in [6.07, 6.45) is 6.17. The van der Waals surface area contributed by atoms with Crippen molar-refractivity contribution in [3.05, 3.63) is 18.2 Å². The number of ether oxygens (including phenoxy) is 2. The molecule has 0 spiro atoms. The standard InChI is InChI=1S/C30H41N5O5/c1-29(2)28(38)34(13-6-14-39-3)24-16-23(9-10-25(24)40-29)35(22-7-8-22)27(37)21-15-20(17-32-18-21)26(36)33-30(19-31)11-4-5-12-30/h9-10,16,20-22,32H,4-8,11-15,17-18H2,1-3H3,(H,33,36)/t20-,21?/m0/s1. The summed E-state index contributed by atoms with van der Waals surface area (Å²) in [5.41, 5.74) is -0.367. The van der Waals surface area contributed by atoms with Crippen molar-refractivity contribution in [2.75, 3.05) is 43.2 Å². The topological polar surface area (TPSA) is 124 Å². The van der Waals surface area contributed by atoms with Crippen molar-refractivity contribution in [2.24, 2.45) is 11.8 Å². The van der Waals surface area contributed by atoms with Crippen LogP contribution >= 0.6 is 0 Å². The highest BCUT2D eigenvalue weighted by molar-refractivity contribution is 6.04. The smallest absolute Gasteiger partial charge is 0.270 e. The van der Waals surface area contributed by atoms with Gasteiger partial charge in [0.15, 0.2) is 5.60 Å². The van der Waals surface area contributed by atoms with E-state index in [-0.39, 0.29) is 35.6 Å². The normalized spacial score (nSPS) is 24.9. The second-order valence-electron chi connectivity index (χ2n) is 12.2. The van der Waals surface area contributed by atoms with Gasteiger partial charge in [0.1, 0.15) is 11.3 Å². The molecule has 10 nitrogen and oxygen atoms in total. The van der Waals surface area contributed by atoms with Gasteiger partial charge in [0, 0.05) is 45.1 Å². The van der Waals surface area contributed by atoms with Crippen molar-refractivity contribution in [1.82, 2.24) is 10.6 Å². The van der Waals surface area contributed by atoms with Crippen LogP contribution < -0.4 is 25.2 Å². The van der Waals surface area contributed by atoms with Crippen LogP contribution in [0.5, 0.6) is 5.75 Å². The molecule has 10 heteroatoms. The summed E-state index contributed by atoms with van der Waals surface area (Å²) < 4.78 is 11.3. The zero-order valence-corrected chi connectivity index (χ0v) is 23.8. The Morgan fingerprint density at radius 3 is 2.62 bits per heavy atom. The third-order valence-corrected chi connectivity index (χ3v) is 8.62. The van der Waals surface area contributed by atoms with Crippen LogP contribution in [0, 0.1) is 23.2 Å². The molecule has 2 saturated carbocycles. The van der Waals surface area contributed by atoms with E-state index in [0.29, 0.717) is 63.4 Å². The molecular weight excluding hydrogens is 510 g/mol. The molecule has 2 heterocycles. The number of anilines is 2. The van der Waals surface area contributed by atoms with E-state index in [1.165, 1.54) is 0 Å². The van der Waals surface area contributed by atoms with Crippen LogP contribution in [0.4, 0.5) is 11.4 Å². The summed E-state index contributed by atoms with van der Waals surface area (Å²) >= 11 is 0. The predicted molar refractivity (Wildman–Crippen MR) is 150 cm³/mol. The maximum absolute atomic E-state index is 14.0. The van der Waals surface area contributed by atoms with Gasteiger partial charge in [-0.25, -0.2) is 0 Å². The highest BCUT2D eigenvalue weighted by Gasteiger charge is 2.44. The number of carbonyl (C=O) groups is 3. The molecule has 2 atom stereocenters. The van der Waals surface area contributed by atoms with Gasteiger partial charge in [0.2, 0.25) is 11.8 Å². The van der Waals surface area contributed by atoms with E-state index in [1.54, 1.807) is 25.9 Å². The van der Waals surface area contributed by atoms with Gasteiger partial charge in [0.05, 0.1) is 23.6 Å². The summed E-state index contributed by atoms with van der Waals surface area (Å²) in [5, 5.41) is 16.0. The van der Waals surface area contributed by atoms with Crippen molar-refractivity contribution in [1.29, 1.82) is 5.26 Å². The summed E-state index contributed by atoms with van der Waals surface area (Å²) in [5.74, 6) is -0.411. The van der Waals surface area contributed by atoms with Crippen LogP contribution in [0.2, 0.25) is 0 Å². The minimum atomic E-state index is -0.987. The first kappa shape index (κ1) is 28.4. The fraction of sp³-hybridized carbons (Fsp3) is 0.667. The highest BCUT2D eigenvalue weighted by atomic mass is 16.5. The van der Waals surface area contributed by atoms with Crippen LogP contribution in [0.1, 0.15) is 65.2 Å². The highest BCUT2D eigenvalue weighted by Crippen LogP contribution is 2.43. The van der Waals surface area contributed by atoms with E-state index in [0.717, 1.165) is 31.4 Å². The Hall–Kier alpha value is -3.16. The molecule has 40 heavy (non-hydrogen) atoms. The zero-order chi connectivity index (χ0) is 28.5. The Morgan fingerprint density at radius 1 is 1.23 bits per heavy atom. The lowest BCUT2D eigenvalue weighted by Gasteiger charge is -2.40. The van der Waals surface area contributed by atoms with Crippen molar-refractivity contribution in [2.45, 2.75) is 82.4 Å². The van der Waals surface area contributed by atoms with Crippen molar-refractivity contribution in [3.8, 4) is 11.8 Å². The van der Waals surface area contributed by atoms with Gasteiger partial charge in [-0.05, 0) is 83.4 Å². The molecule has 3 fully saturated rings. The van der Waals surface area contributed by atoms with E-state index in [4.69, 9.17) is 9.47 Å². The molecule has 216 valence electrons. The summed E-state index contributed by atoms with van der Waals surface area (Å²) in [6.45, 7) is 5.54. The molecule has 0 radical (unpaired) electrons. The molecule has 2 N–H and O–H groups in total. The monoisotopic (exact) mass is 551 g/mol. The summed E-state index contributed by atoms with van der Waals surface area (Å²) in [7, 11) is 1.64. The minimum Gasteiger partial charge on any atom is -0.476 e. The van der Waals surface area contributed by atoms with Crippen LogP contribution in [0.15, 0.2) is 18.2 Å². The van der Waals surface area contributed by atoms with Gasteiger partial charge < -0.3 is 29.9 Å². The molecule has 0 aromatic heterocycles. The Labute approximate surface area is 236 Å². The zero-order valence-electron chi connectivity index (χ0n) is 23.8. The molecule has 0 bridgehead atoms. The van der Waals surface area contributed by atoms with Crippen LogP contribution in [0.3, 0.4) is 0 Å². The van der Waals surface area contributed by atoms with Gasteiger partial charge in [0.25, 0.3) is 5.91 Å². The number of nitriles is 1. The Balaban J connectivity index is 1.35. The maximum Gasteiger partial charge on any atom is 0.270 e. The average Bonchev–Trinajstić information content (AvgIpc) is 3.67. The number of benzene rings is 1. The molecule has 2 aliphatic carbocycles. The van der Waals surface area contributed by atoms with Gasteiger partial charge in [-0.15, -0.1) is 0 Å². The lowest BCUT2D eigenvalue weighted by Crippen LogP contribution is -2.54. The first-order valence-electron chi connectivity index (χ1n) is 14.6. The van der Waals surface area contributed by atoms with Crippen molar-refractivity contribution >= 4 is 29.1 Å². The summed E-state index contributed by atoms with van der Waals surface area (Å²) in [4.78, 5) is 44.1. The van der Waals surface area contributed by atoms with Crippen molar-refractivity contribution < 1.29 is 23.9 Å². The minimum absolute atomic E-state index is 0.0161. The van der Waals surface area contributed by atoms with Crippen molar-refractivity contribution in [3.63, 3.8) is 0 Å². The van der Waals surface area contributed by atoms with Crippen LogP contribution in [0.25, 0.3) is 0 Å². The molecule has 1 aromatic carbocycles. The van der Waals surface area contributed by atoms with Gasteiger partial charge >= 0.3 is 0 Å². The predicted octanol–water partition coefficient (Wildman–Crippen LogP) is 2.90. The number of amides is 3. The molecule has 2 aliphatic heterocycles.